The summed E-state index contributed by atoms with van der Waals surface area (Å²) >= 11 is 0. The maximum Gasteiger partial charge on any atom is 0.242 e. The van der Waals surface area contributed by atoms with Gasteiger partial charge in [0.05, 0.1) is 36.9 Å². The maximum absolute atomic E-state index is 13.6. The summed E-state index contributed by atoms with van der Waals surface area (Å²) < 4.78 is 21.6. The van der Waals surface area contributed by atoms with E-state index >= 15 is 0 Å². The van der Waals surface area contributed by atoms with Crippen LogP contribution in [0.5, 0.6) is 0 Å². The zero-order valence-corrected chi connectivity index (χ0v) is 17.7. The number of aromatic nitrogens is 3. The molecule has 1 fully saturated rings. The molecule has 2 aromatic heterocycles. The van der Waals surface area contributed by atoms with Gasteiger partial charge in [-0.2, -0.15) is 0 Å². The molecule has 1 amide bonds. The van der Waals surface area contributed by atoms with E-state index < -0.39 is 0 Å². The van der Waals surface area contributed by atoms with E-state index in [9.17, 15) is 9.18 Å². The van der Waals surface area contributed by atoms with Crippen LogP contribution in [0.2, 0.25) is 0 Å². The molecule has 32 heavy (non-hydrogen) atoms. The van der Waals surface area contributed by atoms with Crippen molar-refractivity contribution in [3.63, 3.8) is 0 Å². The monoisotopic (exact) mass is 430 g/mol. The van der Waals surface area contributed by atoms with Gasteiger partial charge in [0, 0.05) is 23.3 Å². The number of hydrogen-bond acceptors (Lipinski definition) is 4. The van der Waals surface area contributed by atoms with Crippen molar-refractivity contribution in [2.45, 2.75) is 19.6 Å². The van der Waals surface area contributed by atoms with Crippen LogP contribution in [0.3, 0.4) is 0 Å². The van der Waals surface area contributed by atoms with Crippen molar-refractivity contribution in [1.82, 2.24) is 19.4 Å². The Morgan fingerprint density at radius 2 is 2.03 bits per heavy atom. The van der Waals surface area contributed by atoms with E-state index in [1.807, 2.05) is 34.6 Å². The van der Waals surface area contributed by atoms with Gasteiger partial charge in [0.15, 0.2) is 0 Å². The number of halogens is 1. The first kappa shape index (κ1) is 20.3. The van der Waals surface area contributed by atoms with Crippen LogP contribution in [0.15, 0.2) is 67.0 Å². The van der Waals surface area contributed by atoms with Crippen LogP contribution in [0.4, 0.5) is 4.39 Å². The largest absolute Gasteiger partial charge is 0.368 e. The lowest BCUT2D eigenvalue weighted by molar-refractivity contribution is -0.139. The minimum absolute atomic E-state index is 0.0389. The second-order valence-corrected chi connectivity index (χ2v) is 7.97. The number of hydrogen-bond donors (Lipinski definition) is 0. The first-order valence-corrected chi connectivity index (χ1v) is 10.6. The first-order chi connectivity index (χ1) is 15.6. The summed E-state index contributed by atoms with van der Waals surface area (Å²) in [4.78, 5) is 23.9. The fourth-order valence-electron chi connectivity index (χ4n) is 4.17. The van der Waals surface area contributed by atoms with Gasteiger partial charge in [-0.1, -0.05) is 30.3 Å². The Bertz CT molecular complexity index is 1290. The molecular weight excluding hydrogens is 407 g/mol. The maximum atomic E-state index is 13.6. The van der Waals surface area contributed by atoms with Crippen LogP contribution in [0.1, 0.15) is 17.5 Å². The average Bonchev–Trinajstić information content (AvgIpc) is 3.14. The van der Waals surface area contributed by atoms with Gasteiger partial charge in [-0.3, -0.25) is 9.78 Å². The van der Waals surface area contributed by atoms with Crippen LogP contribution >= 0.6 is 0 Å². The highest BCUT2D eigenvalue weighted by atomic mass is 19.1. The average molecular weight is 430 g/mol. The minimum Gasteiger partial charge on any atom is -0.368 e. The molecule has 1 saturated heterocycles. The van der Waals surface area contributed by atoms with Crippen LogP contribution in [0.25, 0.3) is 22.2 Å². The second kappa shape index (κ2) is 8.51. The number of nitrogens with zero attached hydrogens (tertiary/aromatic N) is 4. The van der Waals surface area contributed by atoms with Crippen molar-refractivity contribution in [2.75, 3.05) is 19.7 Å². The van der Waals surface area contributed by atoms with Crippen LogP contribution in [-0.4, -0.2) is 45.0 Å². The quantitative estimate of drug-likeness (QED) is 0.488. The molecule has 162 valence electrons. The van der Waals surface area contributed by atoms with Crippen LogP contribution in [-0.2, 0) is 16.1 Å². The SMILES string of the molecule is Cc1cc2ccccc2n1CC(=O)N1CCOC(c2cncc(-c3cccc(F)c3)n2)C1. The molecule has 0 N–H and O–H groups in total. The number of carbonyl (C=O) groups excluding carboxylic acids is 1. The molecule has 1 atom stereocenters. The highest BCUT2D eigenvalue weighted by Crippen LogP contribution is 2.25. The lowest BCUT2D eigenvalue weighted by atomic mass is 10.1. The zero-order chi connectivity index (χ0) is 22.1. The van der Waals surface area contributed by atoms with Crippen molar-refractivity contribution in [3.8, 4) is 11.3 Å². The van der Waals surface area contributed by atoms with Gasteiger partial charge in [0.25, 0.3) is 0 Å². The molecule has 7 heteroatoms. The molecule has 3 heterocycles. The minimum atomic E-state index is -0.379. The molecule has 0 radical (unpaired) electrons. The predicted octanol–water partition coefficient (Wildman–Crippen LogP) is 4.15. The highest BCUT2D eigenvalue weighted by Gasteiger charge is 2.27. The topological polar surface area (TPSA) is 60.2 Å². The van der Waals surface area contributed by atoms with Gasteiger partial charge in [0.2, 0.25) is 5.91 Å². The number of morpholine rings is 1. The third-order valence-electron chi connectivity index (χ3n) is 5.83. The molecule has 6 nitrogen and oxygen atoms in total. The summed E-state index contributed by atoms with van der Waals surface area (Å²) in [6.07, 6.45) is 2.87. The number of aryl methyl sites for hydroxylation is 1. The van der Waals surface area contributed by atoms with Crippen molar-refractivity contribution in [1.29, 1.82) is 0 Å². The fourth-order valence-corrected chi connectivity index (χ4v) is 4.17. The van der Waals surface area contributed by atoms with E-state index in [4.69, 9.17) is 4.74 Å². The van der Waals surface area contributed by atoms with Gasteiger partial charge in [0.1, 0.15) is 18.5 Å². The van der Waals surface area contributed by atoms with Gasteiger partial charge in [-0.25, -0.2) is 9.37 Å². The normalized spacial score (nSPS) is 16.4. The van der Waals surface area contributed by atoms with E-state index in [-0.39, 0.29) is 24.4 Å². The van der Waals surface area contributed by atoms with Crippen LogP contribution in [0, 0.1) is 12.7 Å². The molecule has 0 spiro atoms. The summed E-state index contributed by atoms with van der Waals surface area (Å²) in [6.45, 7) is 3.65. The third kappa shape index (κ3) is 3.99. The Morgan fingerprint density at radius 1 is 1.16 bits per heavy atom. The van der Waals surface area contributed by atoms with Crippen molar-refractivity contribution in [3.05, 3.63) is 84.2 Å². The van der Waals surface area contributed by atoms with E-state index in [1.165, 1.54) is 12.1 Å². The van der Waals surface area contributed by atoms with E-state index in [2.05, 4.69) is 22.1 Å². The summed E-state index contributed by atoms with van der Waals surface area (Å²) in [5.74, 6) is -0.287. The number of benzene rings is 2. The lowest BCUT2D eigenvalue weighted by Crippen LogP contribution is -2.44. The molecule has 0 aliphatic carbocycles. The van der Waals surface area contributed by atoms with Gasteiger partial charge in [-0.15, -0.1) is 0 Å². The molecule has 2 aromatic carbocycles. The molecule has 1 unspecified atom stereocenters. The van der Waals surface area contributed by atoms with Gasteiger partial charge >= 0.3 is 0 Å². The summed E-state index contributed by atoms with van der Waals surface area (Å²) in [6, 6.07) is 16.4. The smallest absolute Gasteiger partial charge is 0.242 e. The summed E-state index contributed by atoms with van der Waals surface area (Å²) in [7, 11) is 0. The predicted molar refractivity (Wildman–Crippen MR) is 119 cm³/mol. The molecular formula is C25H23FN4O2. The molecule has 4 aromatic rings. The van der Waals surface area contributed by atoms with Crippen LogP contribution < -0.4 is 0 Å². The number of amides is 1. The zero-order valence-electron chi connectivity index (χ0n) is 17.7. The number of carbonyl (C=O) groups is 1. The number of ether oxygens (including phenoxy) is 1. The third-order valence-corrected chi connectivity index (χ3v) is 5.83. The Labute approximate surface area is 185 Å². The Kier molecular flexibility index (Phi) is 5.41. The fraction of sp³-hybridized carbons (Fsp3) is 0.240. The molecule has 1 aliphatic rings. The second-order valence-electron chi connectivity index (χ2n) is 7.97. The Hall–Kier alpha value is -3.58. The lowest BCUT2D eigenvalue weighted by Gasteiger charge is -2.33. The standard InChI is InChI=1S/C25H23FN4O2/c1-17-11-19-5-2-3-8-23(19)30(17)16-25(31)29-9-10-32-24(15-29)22-14-27-13-21(28-22)18-6-4-7-20(26)12-18/h2-8,11-14,24H,9-10,15-16H2,1H3. The van der Waals surface area contributed by atoms with E-state index in [1.54, 1.807) is 24.5 Å². The van der Waals surface area contributed by atoms with E-state index in [0.717, 1.165) is 16.6 Å². The highest BCUT2D eigenvalue weighted by molar-refractivity contribution is 5.84. The van der Waals surface area contributed by atoms with Gasteiger partial charge < -0.3 is 14.2 Å². The Morgan fingerprint density at radius 3 is 2.91 bits per heavy atom. The van der Waals surface area contributed by atoms with Crippen molar-refractivity contribution in [2.24, 2.45) is 0 Å². The Balaban J connectivity index is 1.34. The first-order valence-electron chi connectivity index (χ1n) is 10.6. The van der Waals surface area contributed by atoms with Crippen molar-refractivity contribution >= 4 is 16.8 Å². The molecule has 0 bridgehead atoms. The molecule has 5 rings (SSSR count). The van der Waals surface area contributed by atoms with Gasteiger partial charge in [-0.05, 0) is 36.6 Å². The summed E-state index contributed by atoms with van der Waals surface area (Å²) in [5, 5.41) is 1.13. The van der Waals surface area contributed by atoms with Crippen molar-refractivity contribution < 1.29 is 13.9 Å². The van der Waals surface area contributed by atoms with E-state index in [0.29, 0.717) is 36.6 Å². The number of fused-ring (bicyclic) bond motifs is 1. The summed E-state index contributed by atoms with van der Waals surface area (Å²) in [5.41, 5.74) is 3.96. The molecule has 0 saturated carbocycles. The number of para-hydroxylation sites is 1. The number of rotatable bonds is 4. The molecule has 1 aliphatic heterocycles.